The first kappa shape index (κ1) is 17.4. The highest BCUT2D eigenvalue weighted by Gasteiger charge is 2.54. The van der Waals surface area contributed by atoms with Gasteiger partial charge in [0.15, 0.2) is 0 Å². The van der Waals surface area contributed by atoms with Crippen LogP contribution in [0.25, 0.3) is 0 Å². The molecule has 0 spiro atoms. The Morgan fingerprint density at radius 3 is 2.57 bits per heavy atom. The lowest BCUT2D eigenvalue weighted by Gasteiger charge is -2.38. The first-order valence-corrected chi connectivity index (χ1v) is 7.95. The van der Waals surface area contributed by atoms with Gasteiger partial charge in [-0.05, 0) is 32.8 Å². The highest BCUT2D eigenvalue weighted by molar-refractivity contribution is 5.88. The molecule has 0 radical (unpaired) electrons. The minimum Gasteiger partial charge on any atom is -0.458 e. The maximum atomic E-state index is 12.9. The molecule has 4 nitrogen and oxygen atoms in total. The smallest absolute Gasteiger partial charge is 0.331 e. The minimum atomic E-state index is -1.09. The van der Waals surface area contributed by atoms with E-state index in [1.807, 2.05) is 56.0 Å². The monoisotopic (exact) mass is 315 g/mol. The van der Waals surface area contributed by atoms with Crippen LogP contribution >= 0.6 is 0 Å². The Balaban J connectivity index is 2.34. The highest BCUT2D eigenvalue weighted by atomic mass is 16.6. The number of benzene rings is 1. The fourth-order valence-corrected chi connectivity index (χ4v) is 3.12. The molecule has 1 heterocycles. The minimum absolute atomic E-state index is 0.398. The summed E-state index contributed by atoms with van der Waals surface area (Å²) in [6.07, 6.45) is 3.06. The van der Waals surface area contributed by atoms with Crippen LogP contribution in [-0.2, 0) is 20.9 Å². The molecule has 1 aliphatic rings. The first-order chi connectivity index (χ1) is 10.8. The van der Waals surface area contributed by atoms with Gasteiger partial charge in [0.2, 0.25) is 0 Å². The predicted molar refractivity (Wildman–Crippen MR) is 89.8 cm³/mol. The third kappa shape index (κ3) is 3.53. The molecule has 124 valence electrons. The lowest BCUT2D eigenvalue weighted by molar-refractivity contribution is -0.168. The molecule has 0 bridgehead atoms. The number of hydrogen-bond acceptors (Lipinski definition) is 4. The van der Waals surface area contributed by atoms with Crippen molar-refractivity contribution in [1.29, 1.82) is 0 Å². The van der Waals surface area contributed by atoms with Gasteiger partial charge in [-0.25, -0.2) is 4.79 Å². The Labute approximate surface area is 138 Å². The molecule has 0 N–H and O–H groups in total. The second-order valence-electron chi connectivity index (χ2n) is 6.97. The molecule has 1 aromatic carbocycles. The van der Waals surface area contributed by atoms with E-state index in [0.717, 1.165) is 11.8 Å². The van der Waals surface area contributed by atoms with Gasteiger partial charge >= 0.3 is 5.97 Å². The van der Waals surface area contributed by atoms with Crippen molar-refractivity contribution < 1.29 is 14.3 Å². The third-order valence-corrected chi connectivity index (χ3v) is 4.22. The van der Waals surface area contributed by atoms with E-state index in [4.69, 9.17) is 4.74 Å². The Hall–Kier alpha value is -1.94. The summed E-state index contributed by atoms with van der Waals surface area (Å²) >= 11 is 0. The van der Waals surface area contributed by atoms with E-state index in [-0.39, 0.29) is 0 Å². The van der Waals surface area contributed by atoms with E-state index in [2.05, 4.69) is 6.58 Å². The fourth-order valence-electron chi connectivity index (χ4n) is 3.12. The van der Waals surface area contributed by atoms with Gasteiger partial charge in [0, 0.05) is 19.0 Å². The Morgan fingerprint density at radius 2 is 2.04 bits per heavy atom. The summed E-state index contributed by atoms with van der Waals surface area (Å²) in [5.41, 5.74) is -0.610. The number of carbonyl (C=O) groups is 2. The average Bonchev–Trinajstić information content (AvgIpc) is 2.85. The first-order valence-electron chi connectivity index (χ1n) is 7.95. The lowest BCUT2D eigenvalue weighted by Crippen LogP contribution is -2.55. The average molecular weight is 315 g/mol. The fraction of sp³-hybridized carbons (Fsp3) is 0.474. The zero-order chi connectivity index (χ0) is 17.1. The van der Waals surface area contributed by atoms with Crippen molar-refractivity contribution in [2.75, 3.05) is 6.54 Å². The zero-order valence-corrected chi connectivity index (χ0v) is 14.1. The number of nitrogens with zero attached hydrogens (tertiary/aromatic N) is 1. The lowest BCUT2D eigenvalue weighted by atomic mass is 9.85. The van der Waals surface area contributed by atoms with Crippen LogP contribution in [0, 0.1) is 5.92 Å². The van der Waals surface area contributed by atoms with Gasteiger partial charge in [-0.1, -0.05) is 36.4 Å². The van der Waals surface area contributed by atoms with Crippen molar-refractivity contribution in [3.63, 3.8) is 0 Å². The van der Waals surface area contributed by atoms with E-state index in [1.54, 1.807) is 6.08 Å². The molecule has 2 atom stereocenters. The molecule has 1 fully saturated rings. The van der Waals surface area contributed by atoms with Crippen LogP contribution in [0.4, 0.5) is 0 Å². The van der Waals surface area contributed by atoms with E-state index < -0.39 is 23.0 Å². The van der Waals surface area contributed by atoms with Crippen LogP contribution in [0.1, 0.15) is 32.8 Å². The molecule has 0 amide bonds. The van der Waals surface area contributed by atoms with Gasteiger partial charge in [-0.2, -0.15) is 0 Å². The topological polar surface area (TPSA) is 46.6 Å². The molecular weight excluding hydrogens is 290 g/mol. The third-order valence-electron chi connectivity index (χ3n) is 4.22. The van der Waals surface area contributed by atoms with Crippen molar-refractivity contribution in [2.24, 2.45) is 5.92 Å². The number of likely N-dealkylation sites (tertiary alicyclic amines) is 1. The molecule has 23 heavy (non-hydrogen) atoms. The van der Waals surface area contributed by atoms with Crippen LogP contribution < -0.4 is 0 Å². The second kappa shape index (κ2) is 6.67. The molecule has 1 aliphatic heterocycles. The van der Waals surface area contributed by atoms with Crippen LogP contribution in [-0.4, -0.2) is 34.8 Å². The number of aldehydes is 1. The molecule has 1 aromatic rings. The highest BCUT2D eigenvalue weighted by Crippen LogP contribution is 2.38. The standard InChI is InChI=1S/C19H25NO3/c1-5-19(17(22)23-18(2,3)4)16(14-21)11-12-20(19)13-15-9-7-6-8-10-15/h5-10,14,16H,1,11-13H2,2-4H3/t16-,19+/m1/s1. The summed E-state index contributed by atoms with van der Waals surface area (Å²) in [5, 5.41) is 0. The van der Waals surface area contributed by atoms with Gasteiger partial charge in [-0.3, -0.25) is 4.90 Å². The second-order valence-corrected chi connectivity index (χ2v) is 6.97. The van der Waals surface area contributed by atoms with Gasteiger partial charge in [0.25, 0.3) is 0 Å². The van der Waals surface area contributed by atoms with Gasteiger partial charge in [0.05, 0.1) is 0 Å². The van der Waals surface area contributed by atoms with Crippen LogP contribution in [0.5, 0.6) is 0 Å². The largest absolute Gasteiger partial charge is 0.458 e. The van der Waals surface area contributed by atoms with Crippen molar-refractivity contribution in [3.8, 4) is 0 Å². The number of carbonyl (C=O) groups excluding carboxylic acids is 2. The number of ether oxygens (including phenoxy) is 1. The Bertz CT molecular complexity index is 576. The van der Waals surface area contributed by atoms with E-state index in [9.17, 15) is 9.59 Å². The van der Waals surface area contributed by atoms with Gasteiger partial charge in [0.1, 0.15) is 17.4 Å². The van der Waals surface area contributed by atoms with Crippen LogP contribution in [0.2, 0.25) is 0 Å². The molecular formula is C19H25NO3. The normalized spacial score (nSPS) is 25.1. The maximum absolute atomic E-state index is 12.9. The molecule has 2 rings (SSSR count). The SMILES string of the molecule is C=C[C@@]1(C(=O)OC(C)(C)C)[C@@H](C=O)CCN1Cc1ccccc1. The molecule has 0 unspecified atom stereocenters. The Morgan fingerprint density at radius 1 is 1.39 bits per heavy atom. The van der Waals surface area contributed by atoms with E-state index >= 15 is 0 Å². The zero-order valence-electron chi connectivity index (χ0n) is 14.1. The summed E-state index contributed by atoms with van der Waals surface area (Å²) in [4.78, 5) is 26.5. The summed E-state index contributed by atoms with van der Waals surface area (Å²) in [6.45, 7) is 10.6. The van der Waals surface area contributed by atoms with E-state index in [0.29, 0.717) is 19.5 Å². The maximum Gasteiger partial charge on any atom is 0.331 e. The predicted octanol–water partition coefficient (Wildman–Crippen LogP) is 2.97. The molecule has 0 aliphatic carbocycles. The summed E-state index contributed by atoms with van der Waals surface area (Å²) in [7, 11) is 0. The van der Waals surface area contributed by atoms with Gasteiger partial charge < -0.3 is 9.53 Å². The number of rotatable bonds is 5. The molecule has 1 saturated heterocycles. The van der Waals surface area contributed by atoms with Crippen molar-refractivity contribution in [1.82, 2.24) is 4.90 Å². The van der Waals surface area contributed by atoms with Crippen molar-refractivity contribution in [2.45, 2.75) is 44.9 Å². The quantitative estimate of drug-likeness (QED) is 0.476. The number of hydrogen-bond donors (Lipinski definition) is 0. The summed E-state index contributed by atoms with van der Waals surface area (Å²) in [6, 6.07) is 9.90. The molecule has 0 saturated carbocycles. The van der Waals surface area contributed by atoms with Crippen molar-refractivity contribution >= 4 is 12.3 Å². The van der Waals surface area contributed by atoms with Crippen LogP contribution in [0.3, 0.4) is 0 Å². The summed E-state index contributed by atoms with van der Waals surface area (Å²) in [5.74, 6) is -0.830. The Kier molecular flexibility index (Phi) is 5.05. The van der Waals surface area contributed by atoms with Crippen molar-refractivity contribution in [3.05, 3.63) is 48.6 Å². The summed E-state index contributed by atoms with van der Waals surface area (Å²) < 4.78 is 5.61. The van der Waals surface area contributed by atoms with Crippen LogP contribution in [0.15, 0.2) is 43.0 Å². The molecule has 0 aromatic heterocycles. The van der Waals surface area contributed by atoms with E-state index in [1.165, 1.54) is 0 Å². The van der Waals surface area contributed by atoms with Gasteiger partial charge in [-0.15, -0.1) is 6.58 Å². The number of esters is 1. The molecule has 4 heteroatoms.